The van der Waals surface area contributed by atoms with Gasteiger partial charge in [0.25, 0.3) is 0 Å². The Morgan fingerprint density at radius 2 is 1.94 bits per heavy atom. The fraction of sp³-hybridized carbons (Fsp3) is 0.208. The number of aliphatic hydroxyl groups excluding tert-OH is 1. The van der Waals surface area contributed by atoms with Crippen molar-refractivity contribution in [2.45, 2.75) is 17.9 Å². The Hall–Kier alpha value is -3.94. The first-order valence-corrected chi connectivity index (χ1v) is 12.5. The van der Waals surface area contributed by atoms with Crippen molar-refractivity contribution in [1.29, 1.82) is 4.78 Å². The third-order valence-corrected chi connectivity index (χ3v) is 6.27. The van der Waals surface area contributed by atoms with Gasteiger partial charge in [0.15, 0.2) is 0 Å². The third kappa shape index (κ3) is 5.33. The van der Waals surface area contributed by atoms with Crippen molar-refractivity contribution >= 4 is 38.1 Å². The summed E-state index contributed by atoms with van der Waals surface area (Å²) in [5, 5.41) is 21.0. The minimum Gasteiger partial charge on any atom is -0.394 e. The molecule has 4 aromatic rings. The Labute approximate surface area is 198 Å². The smallest absolute Gasteiger partial charge is 0.229 e. The number of fused-ring (bicyclic) bond motifs is 1. The van der Waals surface area contributed by atoms with Crippen LogP contribution in [0.4, 0.5) is 17.5 Å². The number of aryl methyl sites for hydroxylation is 1. The number of nitrogens with one attached hydrogen (secondary N) is 3. The molecule has 2 heterocycles. The van der Waals surface area contributed by atoms with Crippen molar-refractivity contribution in [1.82, 2.24) is 19.7 Å². The Morgan fingerprint density at radius 3 is 2.65 bits per heavy atom. The zero-order chi connectivity index (χ0) is 24.3. The summed E-state index contributed by atoms with van der Waals surface area (Å²) in [6, 6.07) is 12.4. The van der Waals surface area contributed by atoms with Gasteiger partial charge in [0, 0.05) is 40.9 Å². The molecule has 9 nitrogen and oxygen atoms in total. The summed E-state index contributed by atoms with van der Waals surface area (Å²) in [5.74, 6) is 7.10. The summed E-state index contributed by atoms with van der Waals surface area (Å²) < 4.78 is 21.4. The molecular formula is C24H25N7O2S. The van der Waals surface area contributed by atoms with Crippen LogP contribution in [0.1, 0.15) is 18.1 Å². The highest BCUT2D eigenvalue weighted by atomic mass is 32.2. The van der Waals surface area contributed by atoms with Crippen molar-refractivity contribution < 1.29 is 9.32 Å². The molecule has 0 bridgehead atoms. The van der Waals surface area contributed by atoms with Crippen molar-refractivity contribution in [2.75, 3.05) is 23.5 Å². The molecule has 0 saturated heterocycles. The van der Waals surface area contributed by atoms with E-state index in [-0.39, 0.29) is 12.6 Å². The van der Waals surface area contributed by atoms with Gasteiger partial charge in [-0.2, -0.15) is 10.1 Å². The second-order valence-corrected chi connectivity index (χ2v) is 10.1. The van der Waals surface area contributed by atoms with E-state index in [1.54, 1.807) is 36.7 Å². The van der Waals surface area contributed by atoms with Gasteiger partial charge in [0.2, 0.25) is 5.95 Å². The topological polar surface area (TPSA) is 129 Å². The average molecular weight is 476 g/mol. The van der Waals surface area contributed by atoms with Crippen LogP contribution in [0.3, 0.4) is 0 Å². The molecule has 0 radical (unpaired) electrons. The molecule has 1 unspecified atom stereocenters. The Bertz CT molecular complexity index is 1500. The van der Waals surface area contributed by atoms with Crippen molar-refractivity contribution in [3.63, 3.8) is 0 Å². The first kappa shape index (κ1) is 23.2. The Kier molecular flexibility index (Phi) is 6.49. The molecule has 2 aromatic heterocycles. The minimum atomic E-state index is -2.77. The molecule has 0 aliphatic heterocycles. The molecule has 10 heteroatoms. The number of aliphatic hydroxyl groups is 1. The summed E-state index contributed by atoms with van der Waals surface area (Å²) in [7, 11) is -0.879. The molecule has 4 rings (SSSR count). The molecule has 0 spiro atoms. The highest BCUT2D eigenvalue weighted by molar-refractivity contribution is 7.91. The van der Waals surface area contributed by atoms with Gasteiger partial charge in [0.05, 0.1) is 39.8 Å². The number of rotatable bonds is 6. The first-order valence-electron chi connectivity index (χ1n) is 10.5. The first-order chi connectivity index (χ1) is 16.2. The average Bonchev–Trinajstić information content (AvgIpc) is 3.18. The number of anilines is 3. The molecule has 0 saturated carbocycles. The van der Waals surface area contributed by atoms with Crippen LogP contribution in [0.25, 0.3) is 10.9 Å². The van der Waals surface area contributed by atoms with Crippen molar-refractivity contribution in [3.8, 4) is 11.8 Å². The van der Waals surface area contributed by atoms with Crippen LogP contribution in [0.15, 0.2) is 59.8 Å². The summed E-state index contributed by atoms with van der Waals surface area (Å²) >= 11 is 0. The van der Waals surface area contributed by atoms with Crippen LogP contribution >= 0.6 is 0 Å². The SMILES string of the molecule is C[C@H](CO)Nc1nc(Nc2ccc(S(C)(=N)=O)cc2)ncc1C#Cc1ccc2c(cnn2C)c1. The lowest BCUT2D eigenvalue weighted by Crippen LogP contribution is -2.21. The second kappa shape index (κ2) is 9.51. The van der Waals surface area contributed by atoms with Gasteiger partial charge in [-0.05, 0) is 49.4 Å². The van der Waals surface area contributed by atoms with E-state index in [4.69, 9.17) is 4.78 Å². The van der Waals surface area contributed by atoms with Crippen LogP contribution in [0.5, 0.6) is 0 Å². The lowest BCUT2D eigenvalue weighted by molar-refractivity contribution is 0.281. The minimum absolute atomic E-state index is 0.0673. The van der Waals surface area contributed by atoms with Crippen molar-refractivity contribution in [2.24, 2.45) is 7.05 Å². The van der Waals surface area contributed by atoms with Crippen LogP contribution < -0.4 is 10.6 Å². The van der Waals surface area contributed by atoms with Crippen LogP contribution in [-0.2, 0) is 16.8 Å². The number of benzene rings is 2. The fourth-order valence-corrected chi connectivity index (χ4v) is 3.89. The number of hydrogen-bond acceptors (Lipinski definition) is 8. The van der Waals surface area contributed by atoms with E-state index in [1.165, 1.54) is 6.26 Å². The molecule has 0 fully saturated rings. The van der Waals surface area contributed by atoms with Gasteiger partial charge < -0.3 is 15.7 Å². The molecular weight excluding hydrogens is 450 g/mol. The molecule has 34 heavy (non-hydrogen) atoms. The zero-order valence-electron chi connectivity index (χ0n) is 19.0. The fourth-order valence-electron chi connectivity index (χ4n) is 3.23. The van der Waals surface area contributed by atoms with E-state index >= 15 is 0 Å². The molecule has 2 aromatic carbocycles. The summed E-state index contributed by atoms with van der Waals surface area (Å²) in [4.78, 5) is 9.36. The predicted molar refractivity (Wildman–Crippen MR) is 134 cm³/mol. The summed E-state index contributed by atoms with van der Waals surface area (Å²) in [6.45, 7) is 1.77. The van der Waals surface area contributed by atoms with E-state index in [0.29, 0.717) is 27.9 Å². The molecule has 0 aliphatic rings. The zero-order valence-corrected chi connectivity index (χ0v) is 19.8. The predicted octanol–water partition coefficient (Wildman–Crippen LogP) is 3.33. The van der Waals surface area contributed by atoms with Gasteiger partial charge in [-0.3, -0.25) is 4.68 Å². The number of hydrogen-bond donors (Lipinski definition) is 4. The highest BCUT2D eigenvalue weighted by Crippen LogP contribution is 2.20. The molecule has 174 valence electrons. The summed E-state index contributed by atoms with van der Waals surface area (Å²) in [6.07, 6.45) is 4.80. The van der Waals surface area contributed by atoms with E-state index in [9.17, 15) is 9.32 Å². The maximum atomic E-state index is 11.9. The van der Waals surface area contributed by atoms with E-state index in [1.807, 2.05) is 36.9 Å². The molecule has 0 amide bonds. The van der Waals surface area contributed by atoms with Gasteiger partial charge in [-0.1, -0.05) is 11.8 Å². The Morgan fingerprint density at radius 1 is 1.18 bits per heavy atom. The van der Waals surface area contributed by atoms with Gasteiger partial charge >= 0.3 is 0 Å². The van der Waals surface area contributed by atoms with Gasteiger partial charge in [0.1, 0.15) is 5.82 Å². The lowest BCUT2D eigenvalue weighted by Gasteiger charge is -2.14. The maximum absolute atomic E-state index is 11.9. The third-order valence-electron chi connectivity index (χ3n) is 5.09. The quantitative estimate of drug-likeness (QED) is 0.315. The van der Waals surface area contributed by atoms with Crippen LogP contribution in [-0.4, -0.2) is 48.0 Å². The maximum Gasteiger partial charge on any atom is 0.229 e. The normalized spacial score (nSPS) is 13.5. The molecule has 2 atom stereocenters. The summed E-state index contributed by atoms with van der Waals surface area (Å²) in [5.41, 5.74) is 3.15. The van der Waals surface area contributed by atoms with Crippen LogP contribution in [0.2, 0.25) is 0 Å². The number of nitrogens with zero attached hydrogens (tertiary/aromatic N) is 4. The molecule has 4 N–H and O–H groups in total. The second-order valence-electron chi connectivity index (χ2n) is 7.97. The van der Waals surface area contributed by atoms with E-state index in [2.05, 4.69) is 37.5 Å². The monoisotopic (exact) mass is 475 g/mol. The van der Waals surface area contributed by atoms with Crippen LogP contribution in [0, 0.1) is 16.6 Å². The van der Waals surface area contributed by atoms with E-state index in [0.717, 1.165) is 16.5 Å². The standard InChI is InChI=1S/C24H25N7O2S/c1-16(15-32)28-23-18(6-4-17-5-11-22-19(12-17)14-27-31(22)2)13-26-24(30-23)29-20-7-9-21(10-8-20)34(3,25)33/h5,7-14,16,25,32H,15H2,1-3H3,(H2,26,28,29,30)/t16-,34?/m1/s1. The van der Waals surface area contributed by atoms with Gasteiger partial charge in [-0.25, -0.2) is 14.0 Å². The lowest BCUT2D eigenvalue weighted by atomic mass is 10.1. The van der Waals surface area contributed by atoms with E-state index < -0.39 is 9.73 Å². The number of aromatic nitrogens is 4. The highest BCUT2D eigenvalue weighted by Gasteiger charge is 2.10. The van der Waals surface area contributed by atoms with Gasteiger partial charge in [-0.15, -0.1) is 0 Å². The Balaban J connectivity index is 1.62. The molecule has 0 aliphatic carbocycles. The largest absolute Gasteiger partial charge is 0.394 e. The van der Waals surface area contributed by atoms with Crippen molar-refractivity contribution in [3.05, 3.63) is 66.0 Å².